The molecule has 1 fully saturated rings. The highest BCUT2D eigenvalue weighted by Gasteiger charge is 2.19. The molecular weight excluding hydrogens is 272 g/mol. The van der Waals surface area contributed by atoms with E-state index in [1.54, 1.807) is 0 Å². The maximum atomic E-state index is 10.5. The fourth-order valence-corrected chi connectivity index (χ4v) is 3.88. The molecule has 0 spiro atoms. The van der Waals surface area contributed by atoms with Crippen molar-refractivity contribution in [2.75, 3.05) is 37.6 Å². The van der Waals surface area contributed by atoms with Gasteiger partial charge in [0, 0.05) is 25.3 Å². The molecule has 1 aromatic carbocycles. The van der Waals surface area contributed by atoms with Crippen LogP contribution in [0.15, 0.2) is 18.2 Å². The summed E-state index contributed by atoms with van der Waals surface area (Å²) in [7, 11) is 0. The van der Waals surface area contributed by atoms with Gasteiger partial charge in [0.25, 0.3) is 0 Å². The third-order valence-corrected chi connectivity index (χ3v) is 5.11. The molecule has 0 aliphatic carbocycles. The average Bonchev–Trinajstić information content (AvgIpc) is 3.06. The van der Waals surface area contributed by atoms with E-state index in [1.165, 1.54) is 56.6 Å². The van der Waals surface area contributed by atoms with Gasteiger partial charge in [0.2, 0.25) is 0 Å². The van der Waals surface area contributed by atoms with Crippen molar-refractivity contribution in [2.24, 2.45) is 0 Å². The molecule has 1 N–H and O–H groups in total. The van der Waals surface area contributed by atoms with Gasteiger partial charge in [0.15, 0.2) is 0 Å². The van der Waals surface area contributed by atoms with Gasteiger partial charge in [-0.25, -0.2) is 0 Å². The summed E-state index contributed by atoms with van der Waals surface area (Å²) in [5.41, 5.74) is 3.93. The third kappa shape index (κ3) is 3.64. The van der Waals surface area contributed by atoms with E-state index in [2.05, 4.69) is 34.9 Å². The van der Waals surface area contributed by atoms with Crippen LogP contribution in [-0.4, -0.2) is 42.7 Å². The summed E-state index contributed by atoms with van der Waals surface area (Å²) in [6.45, 7) is 8.01. The Morgan fingerprint density at radius 3 is 2.68 bits per heavy atom. The Morgan fingerprint density at radius 2 is 1.91 bits per heavy atom. The Hall–Kier alpha value is -1.06. The van der Waals surface area contributed by atoms with Crippen LogP contribution in [0.2, 0.25) is 0 Å². The molecule has 0 amide bonds. The minimum Gasteiger partial charge on any atom is -0.388 e. The normalized spacial score (nSPS) is 20.2. The van der Waals surface area contributed by atoms with Crippen molar-refractivity contribution in [3.05, 3.63) is 29.3 Å². The van der Waals surface area contributed by atoms with E-state index in [4.69, 9.17) is 0 Å². The van der Waals surface area contributed by atoms with Crippen molar-refractivity contribution in [1.82, 2.24) is 4.90 Å². The first kappa shape index (κ1) is 15.8. The van der Waals surface area contributed by atoms with Gasteiger partial charge in [-0.3, -0.25) is 0 Å². The first-order chi connectivity index (χ1) is 10.8. The van der Waals surface area contributed by atoms with E-state index in [9.17, 15) is 5.11 Å². The largest absolute Gasteiger partial charge is 0.388 e. The highest BCUT2D eigenvalue weighted by molar-refractivity contribution is 5.57. The highest BCUT2D eigenvalue weighted by atomic mass is 16.3. The SMILES string of the molecule is CCCN1CCCc2cc(C(O)CCN3CCCC3)ccc21. The first-order valence-electron chi connectivity index (χ1n) is 9.06. The molecule has 22 heavy (non-hydrogen) atoms. The predicted molar refractivity (Wildman–Crippen MR) is 92.5 cm³/mol. The maximum absolute atomic E-state index is 10.5. The van der Waals surface area contributed by atoms with Crippen LogP contribution in [0.1, 0.15) is 56.3 Å². The van der Waals surface area contributed by atoms with E-state index in [0.717, 1.165) is 31.5 Å². The number of hydrogen-bond donors (Lipinski definition) is 1. The average molecular weight is 302 g/mol. The second-order valence-corrected chi connectivity index (χ2v) is 6.83. The Kier molecular flexibility index (Phi) is 5.37. The second-order valence-electron chi connectivity index (χ2n) is 6.83. The predicted octanol–water partition coefficient (Wildman–Crippen LogP) is 3.37. The summed E-state index contributed by atoms with van der Waals surface area (Å²) < 4.78 is 0. The van der Waals surface area contributed by atoms with Crippen LogP contribution < -0.4 is 4.90 Å². The smallest absolute Gasteiger partial charge is 0.0802 e. The van der Waals surface area contributed by atoms with E-state index in [0.29, 0.717) is 0 Å². The lowest BCUT2D eigenvalue weighted by molar-refractivity contribution is 0.149. The highest BCUT2D eigenvalue weighted by Crippen LogP contribution is 2.30. The summed E-state index contributed by atoms with van der Waals surface area (Å²) in [4.78, 5) is 4.98. The fourth-order valence-electron chi connectivity index (χ4n) is 3.88. The van der Waals surface area contributed by atoms with Crippen molar-refractivity contribution in [1.29, 1.82) is 0 Å². The van der Waals surface area contributed by atoms with Gasteiger partial charge in [0.1, 0.15) is 0 Å². The Labute approximate surface area is 134 Å². The van der Waals surface area contributed by atoms with Crippen LogP contribution in [0, 0.1) is 0 Å². The summed E-state index contributed by atoms with van der Waals surface area (Å²) in [5.74, 6) is 0. The lowest BCUT2D eigenvalue weighted by Crippen LogP contribution is -2.30. The Bertz CT molecular complexity index is 482. The number of fused-ring (bicyclic) bond motifs is 1. The van der Waals surface area contributed by atoms with Gasteiger partial charge in [-0.2, -0.15) is 0 Å². The molecule has 122 valence electrons. The van der Waals surface area contributed by atoms with Gasteiger partial charge < -0.3 is 14.9 Å². The molecule has 0 bridgehead atoms. The number of aliphatic hydroxyl groups is 1. The van der Waals surface area contributed by atoms with Crippen LogP contribution in [0.25, 0.3) is 0 Å². The quantitative estimate of drug-likeness (QED) is 0.873. The van der Waals surface area contributed by atoms with Gasteiger partial charge in [-0.1, -0.05) is 19.1 Å². The van der Waals surface area contributed by atoms with Crippen molar-refractivity contribution >= 4 is 5.69 Å². The van der Waals surface area contributed by atoms with E-state index in [1.807, 2.05) is 0 Å². The number of anilines is 1. The number of likely N-dealkylation sites (tertiary alicyclic amines) is 1. The number of aliphatic hydroxyl groups excluding tert-OH is 1. The van der Waals surface area contributed by atoms with Crippen molar-refractivity contribution in [3.63, 3.8) is 0 Å². The number of hydrogen-bond acceptors (Lipinski definition) is 3. The minimum absolute atomic E-state index is 0.313. The molecule has 0 aromatic heterocycles. The standard InChI is InChI=1S/C19H30N2O/c1-2-10-21-13-5-6-16-15-17(7-8-18(16)21)19(22)9-14-20-11-3-4-12-20/h7-8,15,19,22H,2-6,9-14H2,1H3. The van der Waals surface area contributed by atoms with Gasteiger partial charge in [-0.15, -0.1) is 0 Å². The molecule has 1 saturated heterocycles. The third-order valence-electron chi connectivity index (χ3n) is 5.11. The van der Waals surface area contributed by atoms with Crippen LogP contribution in [0.5, 0.6) is 0 Å². The van der Waals surface area contributed by atoms with Crippen molar-refractivity contribution in [2.45, 2.75) is 51.6 Å². The lowest BCUT2D eigenvalue weighted by atomic mass is 9.96. The molecule has 2 heterocycles. The van der Waals surface area contributed by atoms with Crippen molar-refractivity contribution in [3.8, 4) is 0 Å². The van der Waals surface area contributed by atoms with Crippen LogP contribution in [-0.2, 0) is 6.42 Å². The van der Waals surface area contributed by atoms with Gasteiger partial charge in [0.05, 0.1) is 6.10 Å². The zero-order chi connectivity index (χ0) is 15.4. The molecule has 3 rings (SSSR count). The van der Waals surface area contributed by atoms with Crippen LogP contribution in [0.3, 0.4) is 0 Å². The summed E-state index contributed by atoms with van der Waals surface area (Å²) in [6, 6.07) is 6.63. The fraction of sp³-hybridized carbons (Fsp3) is 0.684. The molecule has 1 aromatic rings. The molecule has 3 nitrogen and oxygen atoms in total. The Balaban J connectivity index is 1.64. The number of aryl methyl sites for hydroxylation is 1. The zero-order valence-corrected chi connectivity index (χ0v) is 13.9. The van der Waals surface area contributed by atoms with E-state index >= 15 is 0 Å². The molecule has 2 aliphatic rings. The molecule has 3 heteroatoms. The lowest BCUT2D eigenvalue weighted by Gasteiger charge is -2.31. The topological polar surface area (TPSA) is 26.7 Å². The monoisotopic (exact) mass is 302 g/mol. The second kappa shape index (κ2) is 7.47. The minimum atomic E-state index is -0.313. The number of benzene rings is 1. The van der Waals surface area contributed by atoms with Crippen molar-refractivity contribution < 1.29 is 5.11 Å². The molecule has 1 atom stereocenters. The number of rotatable bonds is 6. The first-order valence-corrected chi connectivity index (χ1v) is 9.06. The molecule has 2 aliphatic heterocycles. The zero-order valence-electron chi connectivity index (χ0n) is 13.9. The molecule has 1 unspecified atom stereocenters. The van der Waals surface area contributed by atoms with Crippen LogP contribution in [0.4, 0.5) is 5.69 Å². The van der Waals surface area contributed by atoms with E-state index < -0.39 is 0 Å². The van der Waals surface area contributed by atoms with Gasteiger partial charge in [-0.05, 0) is 68.8 Å². The summed E-state index contributed by atoms with van der Waals surface area (Å²) >= 11 is 0. The van der Waals surface area contributed by atoms with E-state index in [-0.39, 0.29) is 6.10 Å². The van der Waals surface area contributed by atoms with Crippen LogP contribution >= 0.6 is 0 Å². The maximum Gasteiger partial charge on any atom is 0.0802 e. The molecule has 0 saturated carbocycles. The summed E-state index contributed by atoms with van der Waals surface area (Å²) in [6.07, 6.45) is 6.77. The summed E-state index contributed by atoms with van der Waals surface area (Å²) in [5, 5.41) is 10.5. The Morgan fingerprint density at radius 1 is 1.09 bits per heavy atom. The molecule has 0 radical (unpaired) electrons. The van der Waals surface area contributed by atoms with Gasteiger partial charge >= 0.3 is 0 Å². The number of nitrogens with zero attached hydrogens (tertiary/aromatic N) is 2. The molecular formula is C19H30N2O.